The number of hydrogen-bond donors (Lipinski definition) is 2. The minimum absolute atomic E-state index is 0.0537. The molecule has 2 rings (SSSR count). The molecule has 1 aromatic heterocycles. The number of fused-ring (bicyclic) bond motifs is 1. The lowest BCUT2D eigenvalue weighted by molar-refractivity contribution is -0.119. The molecule has 1 aromatic carbocycles. The highest BCUT2D eigenvalue weighted by molar-refractivity contribution is 7.99. The Hall–Kier alpha value is -1.49. The number of benzene rings is 1. The van der Waals surface area contributed by atoms with Gasteiger partial charge in [-0.05, 0) is 30.7 Å². The predicted molar refractivity (Wildman–Crippen MR) is 84.8 cm³/mol. The standard InChI is InChI=1S/C15H21N3OS/c1-10(2)8-13(16-14(19)9-20-3)15-17-11-6-4-5-7-12(11)18-15/h4-7,10,13H,8-9H2,1-3H3,(H,16,19)(H,17,18). The Morgan fingerprint density at radius 2 is 2.15 bits per heavy atom. The van der Waals surface area contributed by atoms with Crippen LogP contribution in [-0.4, -0.2) is 27.9 Å². The Bertz CT molecular complexity index is 546. The summed E-state index contributed by atoms with van der Waals surface area (Å²) in [4.78, 5) is 19.8. The largest absolute Gasteiger partial charge is 0.345 e. The molecule has 20 heavy (non-hydrogen) atoms. The molecule has 1 unspecified atom stereocenters. The number of rotatable bonds is 6. The third kappa shape index (κ3) is 3.76. The Balaban J connectivity index is 2.22. The maximum absolute atomic E-state index is 11.8. The first-order valence-corrected chi connectivity index (χ1v) is 8.22. The van der Waals surface area contributed by atoms with E-state index in [0.29, 0.717) is 11.7 Å². The average Bonchev–Trinajstić information content (AvgIpc) is 2.81. The van der Waals surface area contributed by atoms with Crippen LogP contribution in [-0.2, 0) is 4.79 Å². The highest BCUT2D eigenvalue weighted by atomic mass is 32.2. The van der Waals surface area contributed by atoms with Crippen molar-refractivity contribution < 1.29 is 4.79 Å². The summed E-state index contributed by atoms with van der Waals surface area (Å²) in [5.41, 5.74) is 1.95. The zero-order valence-corrected chi connectivity index (χ0v) is 13.0. The van der Waals surface area contributed by atoms with Crippen LogP contribution in [0.2, 0.25) is 0 Å². The van der Waals surface area contributed by atoms with Crippen molar-refractivity contribution in [1.82, 2.24) is 15.3 Å². The van der Waals surface area contributed by atoms with E-state index in [9.17, 15) is 4.79 Å². The molecule has 5 heteroatoms. The quantitative estimate of drug-likeness (QED) is 0.859. The zero-order chi connectivity index (χ0) is 14.5. The maximum Gasteiger partial charge on any atom is 0.230 e. The van der Waals surface area contributed by atoms with Crippen LogP contribution in [0, 0.1) is 5.92 Å². The third-order valence-corrected chi connectivity index (χ3v) is 3.61. The number of aromatic nitrogens is 2. The molecule has 108 valence electrons. The van der Waals surface area contributed by atoms with Crippen LogP contribution in [0.1, 0.15) is 32.1 Å². The molecule has 0 radical (unpaired) electrons. The number of carbonyl (C=O) groups is 1. The van der Waals surface area contributed by atoms with Gasteiger partial charge in [-0.3, -0.25) is 4.79 Å². The molecule has 0 aliphatic rings. The van der Waals surface area contributed by atoms with Crippen LogP contribution in [0.4, 0.5) is 0 Å². The first-order chi connectivity index (χ1) is 9.60. The van der Waals surface area contributed by atoms with E-state index < -0.39 is 0 Å². The molecular weight excluding hydrogens is 270 g/mol. The summed E-state index contributed by atoms with van der Waals surface area (Å²) < 4.78 is 0. The lowest BCUT2D eigenvalue weighted by atomic mass is 10.0. The van der Waals surface area contributed by atoms with Crippen LogP contribution >= 0.6 is 11.8 Å². The van der Waals surface area contributed by atoms with Crippen molar-refractivity contribution in [3.63, 3.8) is 0 Å². The van der Waals surface area contributed by atoms with Gasteiger partial charge in [-0.25, -0.2) is 4.98 Å². The van der Waals surface area contributed by atoms with Gasteiger partial charge in [0.25, 0.3) is 0 Å². The van der Waals surface area contributed by atoms with Crippen molar-refractivity contribution >= 4 is 28.7 Å². The highest BCUT2D eigenvalue weighted by Crippen LogP contribution is 2.22. The normalized spacial score (nSPS) is 12.8. The Labute approximate surface area is 123 Å². The van der Waals surface area contributed by atoms with E-state index in [0.717, 1.165) is 23.3 Å². The van der Waals surface area contributed by atoms with Gasteiger partial charge in [-0.2, -0.15) is 11.8 Å². The summed E-state index contributed by atoms with van der Waals surface area (Å²) in [6.45, 7) is 4.30. The number of amides is 1. The molecule has 0 saturated heterocycles. The summed E-state index contributed by atoms with van der Waals surface area (Å²) in [5, 5.41) is 3.07. The summed E-state index contributed by atoms with van der Waals surface area (Å²) in [7, 11) is 0. The van der Waals surface area contributed by atoms with E-state index in [1.807, 2.05) is 30.5 Å². The van der Waals surface area contributed by atoms with Gasteiger partial charge < -0.3 is 10.3 Å². The molecule has 1 atom stereocenters. The highest BCUT2D eigenvalue weighted by Gasteiger charge is 2.19. The molecule has 0 saturated carbocycles. The first kappa shape index (κ1) is 14.9. The molecule has 0 spiro atoms. The first-order valence-electron chi connectivity index (χ1n) is 6.83. The molecule has 2 N–H and O–H groups in total. The molecule has 0 aliphatic heterocycles. The van der Waals surface area contributed by atoms with Gasteiger partial charge in [0, 0.05) is 0 Å². The van der Waals surface area contributed by atoms with Gasteiger partial charge in [0.2, 0.25) is 5.91 Å². The Morgan fingerprint density at radius 1 is 1.40 bits per heavy atom. The van der Waals surface area contributed by atoms with Crippen molar-refractivity contribution in [3.8, 4) is 0 Å². The van der Waals surface area contributed by atoms with E-state index in [4.69, 9.17) is 0 Å². The number of carbonyl (C=O) groups excluding carboxylic acids is 1. The van der Waals surface area contributed by atoms with Gasteiger partial charge in [0.1, 0.15) is 5.82 Å². The van der Waals surface area contributed by atoms with E-state index >= 15 is 0 Å². The fraction of sp³-hybridized carbons (Fsp3) is 0.467. The van der Waals surface area contributed by atoms with E-state index in [1.165, 1.54) is 11.8 Å². The molecule has 2 aromatic rings. The van der Waals surface area contributed by atoms with Crippen LogP contribution in [0.25, 0.3) is 11.0 Å². The topological polar surface area (TPSA) is 57.8 Å². The number of thioether (sulfide) groups is 1. The smallest absolute Gasteiger partial charge is 0.230 e. The predicted octanol–water partition coefficient (Wildman–Crippen LogP) is 3.13. The molecule has 4 nitrogen and oxygen atoms in total. The van der Waals surface area contributed by atoms with Gasteiger partial charge in [-0.1, -0.05) is 26.0 Å². The van der Waals surface area contributed by atoms with Gasteiger partial charge in [0.05, 0.1) is 22.8 Å². The number of hydrogen-bond acceptors (Lipinski definition) is 3. The summed E-state index contributed by atoms with van der Waals surface area (Å²) >= 11 is 1.53. The number of aromatic amines is 1. The number of imidazole rings is 1. The number of para-hydroxylation sites is 2. The molecule has 0 bridgehead atoms. The fourth-order valence-electron chi connectivity index (χ4n) is 2.21. The Kier molecular flexibility index (Phi) is 5.06. The van der Waals surface area contributed by atoms with Crippen molar-refractivity contribution in [2.45, 2.75) is 26.3 Å². The number of H-pyrrole nitrogens is 1. The van der Waals surface area contributed by atoms with Crippen molar-refractivity contribution in [1.29, 1.82) is 0 Å². The maximum atomic E-state index is 11.8. The average molecular weight is 291 g/mol. The summed E-state index contributed by atoms with van der Waals surface area (Å²) in [6.07, 6.45) is 2.80. The number of nitrogens with one attached hydrogen (secondary N) is 2. The van der Waals surface area contributed by atoms with E-state index in [1.54, 1.807) is 0 Å². The van der Waals surface area contributed by atoms with Crippen molar-refractivity contribution in [2.24, 2.45) is 5.92 Å². The third-order valence-electron chi connectivity index (χ3n) is 3.06. The molecular formula is C15H21N3OS. The van der Waals surface area contributed by atoms with Crippen molar-refractivity contribution in [2.75, 3.05) is 12.0 Å². The number of nitrogens with zero attached hydrogens (tertiary/aromatic N) is 1. The molecule has 0 fully saturated rings. The lowest BCUT2D eigenvalue weighted by Gasteiger charge is -2.18. The second kappa shape index (κ2) is 6.79. The van der Waals surface area contributed by atoms with Gasteiger partial charge >= 0.3 is 0 Å². The summed E-state index contributed by atoms with van der Waals surface area (Å²) in [6, 6.07) is 7.88. The lowest BCUT2D eigenvalue weighted by Crippen LogP contribution is -2.31. The van der Waals surface area contributed by atoms with Gasteiger partial charge in [0.15, 0.2) is 0 Å². The SMILES string of the molecule is CSCC(=O)NC(CC(C)C)c1nc2ccccc2[nH]1. The van der Waals surface area contributed by atoms with Crippen molar-refractivity contribution in [3.05, 3.63) is 30.1 Å². The van der Waals surface area contributed by atoms with E-state index in [2.05, 4.69) is 29.1 Å². The fourth-order valence-corrected chi connectivity index (χ4v) is 2.56. The minimum Gasteiger partial charge on any atom is -0.345 e. The monoisotopic (exact) mass is 291 g/mol. The van der Waals surface area contributed by atoms with Gasteiger partial charge in [-0.15, -0.1) is 0 Å². The molecule has 1 heterocycles. The zero-order valence-electron chi connectivity index (χ0n) is 12.1. The van der Waals surface area contributed by atoms with Crippen LogP contribution < -0.4 is 5.32 Å². The van der Waals surface area contributed by atoms with Crippen LogP contribution in [0.3, 0.4) is 0 Å². The second-order valence-corrected chi connectivity index (χ2v) is 6.19. The molecule has 0 aliphatic carbocycles. The minimum atomic E-state index is -0.0537. The Morgan fingerprint density at radius 3 is 2.80 bits per heavy atom. The van der Waals surface area contributed by atoms with Crippen LogP contribution in [0.5, 0.6) is 0 Å². The van der Waals surface area contributed by atoms with Crippen LogP contribution in [0.15, 0.2) is 24.3 Å². The van der Waals surface area contributed by atoms with E-state index in [-0.39, 0.29) is 11.9 Å². The summed E-state index contributed by atoms with van der Waals surface area (Å²) in [5.74, 6) is 1.87. The molecule has 1 amide bonds. The second-order valence-electron chi connectivity index (χ2n) is 5.32.